The quantitative estimate of drug-likeness (QED) is 0.688. The first kappa shape index (κ1) is 23.1. The minimum absolute atomic E-state index is 0.0110. The van der Waals surface area contributed by atoms with Gasteiger partial charge in [0, 0.05) is 30.3 Å². The van der Waals surface area contributed by atoms with Crippen LogP contribution in [-0.4, -0.2) is 46.5 Å². The lowest BCUT2D eigenvalue weighted by molar-refractivity contribution is -0.120. The summed E-state index contributed by atoms with van der Waals surface area (Å²) in [6.07, 6.45) is 3.62. The number of halogens is 2. The maximum absolute atomic E-state index is 13.2. The third kappa shape index (κ3) is 4.79. The first-order chi connectivity index (χ1) is 15.1. The fraction of sp³-hybridized carbons (Fsp3) is 0.500. The Bertz CT molecular complexity index is 1150. The summed E-state index contributed by atoms with van der Waals surface area (Å²) >= 11 is 6.39. The lowest BCUT2D eigenvalue weighted by Crippen LogP contribution is -2.41. The Morgan fingerprint density at radius 3 is 2.75 bits per heavy atom. The summed E-state index contributed by atoms with van der Waals surface area (Å²) in [5, 5.41) is 1.69. The van der Waals surface area contributed by atoms with E-state index >= 15 is 0 Å². The number of allylic oxidation sites excluding steroid dienone is 1. The summed E-state index contributed by atoms with van der Waals surface area (Å²) in [6.45, 7) is 4.30. The van der Waals surface area contributed by atoms with Crippen LogP contribution in [0, 0.1) is 17.7 Å². The minimum atomic E-state index is -3.55. The molecular weight excluding hydrogens is 455 g/mol. The molecule has 1 aliphatic carbocycles. The number of carbonyl (C=O) groups is 1. The molecule has 172 valence electrons. The molecule has 2 aliphatic rings. The van der Waals surface area contributed by atoms with Crippen molar-refractivity contribution in [1.82, 2.24) is 19.3 Å². The van der Waals surface area contributed by atoms with Crippen molar-refractivity contribution in [3.63, 3.8) is 0 Å². The first-order valence-electron chi connectivity index (χ1n) is 10.7. The van der Waals surface area contributed by atoms with Crippen LogP contribution in [0.15, 0.2) is 29.3 Å². The Hall–Kier alpha value is -2.10. The van der Waals surface area contributed by atoms with Gasteiger partial charge in [-0.1, -0.05) is 24.1 Å². The zero-order chi connectivity index (χ0) is 23.0. The number of hydrogen-bond donors (Lipinski definition) is 1. The van der Waals surface area contributed by atoms with Crippen LogP contribution in [-0.2, 0) is 14.8 Å². The molecule has 0 aromatic carbocycles. The number of pyridine rings is 1. The van der Waals surface area contributed by atoms with E-state index in [2.05, 4.69) is 15.0 Å². The van der Waals surface area contributed by atoms with Gasteiger partial charge in [0.15, 0.2) is 11.0 Å². The van der Waals surface area contributed by atoms with Crippen molar-refractivity contribution in [3.05, 3.63) is 46.0 Å². The van der Waals surface area contributed by atoms with Crippen LogP contribution in [0.4, 0.5) is 4.39 Å². The van der Waals surface area contributed by atoms with E-state index in [0.717, 1.165) is 23.9 Å². The number of carbonyl (C=O) groups excluding carboxylic acids is 1. The SMILES string of the molecule is CC(=O)C1CC/C(=C/S(=O)(=O)N2CC[C@@H](c3[nH]c(-c4ccc(F)cn4)nc3Cl)[C@@H](C)C2)C1. The van der Waals surface area contributed by atoms with Gasteiger partial charge in [-0.05, 0) is 50.7 Å². The number of sulfonamides is 1. The molecule has 10 heteroatoms. The molecular formula is C22H26ClFN4O3S. The van der Waals surface area contributed by atoms with Crippen LogP contribution in [0.5, 0.6) is 0 Å². The number of aromatic amines is 1. The largest absolute Gasteiger partial charge is 0.339 e. The molecule has 0 bridgehead atoms. The van der Waals surface area contributed by atoms with Crippen LogP contribution in [0.1, 0.15) is 51.1 Å². The van der Waals surface area contributed by atoms with Crippen molar-refractivity contribution >= 4 is 27.4 Å². The molecule has 0 spiro atoms. The highest BCUT2D eigenvalue weighted by molar-refractivity contribution is 7.92. The van der Waals surface area contributed by atoms with Crippen LogP contribution in [0.2, 0.25) is 5.15 Å². The van der Waals surface area contributed by atoms with Crippen LogP contribution in [0.3, 0.4) is 0 Å². The molecule has 1 saturated heterocycles. The van der Waals surface area contributed by atoms with Gasteiger partial charge in [0.2, 0.25) is 10.0 Å². The Morgan fingerprint density at radius 1 is 1.34 bits per heavy atom. The maximum atomic E-state index is 13.2. The Morgan fingerprint density at radius 2 is 2.12 bits per heavy atom. The third-order valence-corrected chi connectivity index (χ3v) is 8.44. The average Bonchev–Trinajstić information content (AvgIpc) is 3.35. The summed E-state index contributed by atoms with van der Waals surface area (Å²) in [5.74, 6) is 0.103. The topological polar surface area (TPSA) is 96.0 Å². The normalized spacial score (nSPS) is 26.0. The second-order valence-corrected chi connectivity index (χ2v) is 10.9. The molecule has 4 rings (SSSR count). The summed E-state index contributed by atoms with van der Waals surface area (Å²) in [7, 11) is -3.55. The molecule has 1 saturated carbocycles. The molecule has 2 fully saturated rings. The number of hydrogen-bond acceptors (Lipinski definition) is 5. The van der Waals surface area contributed by atoms with Gasteiger partial charge in [-0.2, -0.15) is 4.31 Å². The van der Waals surface area contributed by atoms with Crippen LogP contribution >= 0.6 is 11.6 Å². The predicted octanol–water partition coefficient (Wildman–Crippen LogP) is 4.29. The standard InChI is InChI=1S/C22H26ClFN4O3S/c1-13-11-28(32(30,31)12-15-3-4-16(9-15)14(2)29)8-7-18(13)20-21(23)27-22(26-20)19-6-5-17(24)10-25-19/h5-6,10,12-13,16,18H,3-4,7-9,11H2,1-2H3,(H,26,27)/b15-12-/t13-,16?,18+/m0/s1. The van der Waals surface area contributed by atoms with Crippen molar-refractivity contribution < 1.29 is 17.6 Å². The van der Waals surface area contributed by atoms with Gasteiger partial charge in [0.05, 0.1) is 11.9 Å². The summed E-state index contributed by atoms with van der Waals surface area (Å²) in [4.78, 5) is 23.2. The van der Waals surface area contributed by atoms with Crippen molar-refractivity contribution in [2.45, 2.75) is 45.4 Å². The van der Waals surface area contributed by atoms with E-state index < -0.39 is 15.8 Å². The number of aromatic nitrogens is 3. The Kier molecular flexibility index (Phi) is 6.51. The number of ketones is 1. The molecule has 3 atom stereocenters. The van der Waals surface area contributed by atoms with Crippen molar-refractivity contribution in [3.8, 4) is 11.5 Å². The zero-order valence-electron chi connectivity index (χ0n) is 18.0. The van der Waals surface area contributed by atoms with Gasteiger partial charge >= 0.3 is 0 Å². The van der Waals surface area contributed by atoms with Gasteiger partial charge in [0.1, 0.15) is 17.3 Å². The van der Waals surface area contributed by atoms with E-state index in [1.54, 1.807) is 6.92 Å². The van der Waals surface area contributed by atoms with Crippen molar-refractivity contribution in [2.24, 2.45) is 11.8 Å². The van der Waals surface area contributed by atoms with Gasteiger partial charge in [-0.3, -0.25) is 4.79 Å². The third-order valence-electron chi connectivity index (χ3n) is 6.47. The lowest BCUT2D eigenvalue weighted by Gasteiger charge is -2.35. The summed E-state index contributed by atoms with van der Waals surface area (Å²) in [6, 6.07) is 2.84. The number of imidazole rings is 1. The first-order valence-corrected chi connectivity index (χ1v) is 12.6. The number of rotatable bonds is 5. The van der Waals surface area contributed by atoms with Crippen LogP contribution in [0.25, 0.3) is 11.5 Å². The molecule has 1 N–H and O–H groups in total. The second-order valence-electron chi connectivity index (χ2n) is 8.75. The maximum Gasteiger partial charge on any atom is 0.236 e. The number of Topliss-reactive ketones (excluding diaryl/α,β-unsaturated/α-hetero) is 1. The van der Waals surface area contributed by atoms with Gasteiger partial charge < -0.3 is 4.98 Å². The molecule has 2 aromatic heterocycles. The van der Waals surface area contributed by atoms with Crippen LogP contribution < -0.4 is 0 Å². The molecule has 7 nitrogen and oxygen atoms in total. The number of piperidine rings is 1. The van der Waals surface area contributed by atoms with E-state index in [9.17, 15) is 17.6 Å². The molecule has 1 aliphatic heterocycles. The summed E-state index contributed by atoms with van der Waals surface area (Å²) in [5.41, 5.74) is 2.06. The highest BCUT2D eigenvalue weighted by Gasteiger charge is 2.35. The van der Waals surface area contributed by atoms with Crippen molar-refractivity contribution in [2.75, 3.05) is 13.1 Å². The van der Waals surface area contributed by atoms with E-state index in [0.29, 0.717) is 49.0 Å². The highest BCUT2D eigenvalue weighted by atomic mass is 35.5. The van der Waals surface area contributed by atoms with Crippen molar-refractivity contribution in [1.29, 1.82) is 0 Å². The van der Waals surface area contributed by atoms with E-state index in [4.69, 9.17) is 11.6 Å². The molecule has 0 radical (unpaired) electrons. The number of nitrogens with one attached hydrogen (secondary N) is 1. The zero-order valence-corrected chi connectivity index (χ0v) is 19.6. The van der Waals surface area contributed by atoms with E-state index in [-0.39, 0.29) is 23.5 Å². The lowest BCUT2D eigenvalue weighted by atomic mass is 9.86. The Balaban J connectivity index is 1.47. The predicted molar refractivity (Wildman–Crippen MR) is 120 cm³/mol. The molecule has 1 unspecified atom stereocenters. The van der Waals surface area contributed by atoms with E-state index in [1.807, 2.05) is 6.92 Å². The van der Waals surface area contributed by atoms with Gasteiger partial charge in [0.25, 0.3) is 0 Å². The number of H-pyrrole nitrogens is 1. The fourth-order valence-electron chi connectivity index (χ4n) is 4.64. The monoisotopic (exact) mass is 480 g/mol. The molecule has 0 amide bonds. The fourth-order valence-corrected chi connectivity index (χ4v) is 6.49. The van der Waals surface area contributed by atoms with Gasteiger partial charge in [-0.25, -0.2) is 22.8 Å². The molecule has 3 heterocycles. The summed E-state index contributed by atoms with van der Waals surface area (Å²) < 4.78 is 40.6. The highest BCUT2D eigenvalue weighted by Crippen LogP contribution is 2.38. The molecule has 2 aromatic rings. The Labute approximate surface area is 192 Å². The molecule has 32 heavy (non-hydrogen) atoms. The average molecular weight is 481 g/mol. The minimum Gasteiger partial charge on any atom is -0.339 e. The van der Waals surface area contributed by atoms with E-state index in [1.165, 1.54) is 21.8 Å². The van der Waals surface area contributed by atoms with Gasteiger partial charge in [-0.15, -0.1) is 0 Å². The second kappa shape index (κ2) is 9.03. The smallest absolute Gasteiger partial charge is 0.236 e. The number of nitrogens with zero attached hydrogens (tertiary/aromatic N) is 3.